The lowest BCUT2D eigenvalue weighted by Gasteiger charge is -2.20. The number of aryl methyl sites for hydroxylation is 1. The van der Waals surface area contributed by atoms with E-state index >= 15 is 0 Å². The molecule has 0 radical (unpaired) electrons. The molecule has 0 amide bonds. The Labute approximate surface area is 103 Å². The van der Waals surface area contributed by atoms with Crippen LogP contribution >= 0.6 is 0 Å². The van der Waals surface area contributed by atoms with E-state index in [9.17, 15) is 0 Å². The molecule has 0 saturated heterocycles. The molecular formula is C13H22N2O2. The molecule has 0 spiro atoms. The summed E-state index contributed by atoms with van der Waals surface area (Å²) in [6.45, 7) is 5.32. The second-order valence-corrected chi connectivity index (χ2v) is 4.23. The molecule has 0 aliphatic carbocycles. The smallest absolute Gasteiger partial charge is 0.143 e. The minimum absolute atomic E-state index is 0.349. The molecule has 17 heavy (non-hydrogen) atoms. The maximum atomic E-state index is 5.63. The van der Waals surface area contributed by atoms with Crippen molar-refractivity contribution in [3.63, 3.8) is 0 Å². The largest absolute Gasteiger partial charge is 0.495 e. The van der Waals surface area contributed by atoms with Gasteiger partial charge < -0.3 is 15.2 Å². The monoisotopic (exact) mass is 238 g/mol. The summed E-state index contributed by atoms with van der Waals surface area (Å²) in [5, 5.41) is 0. The van der Waals surface area contributed by atoms with Crippen molar-refractivity contribution in [1.82, 2.24) is 4.98 Å². The molecule has 1 unspecified atom stereocenters. The predicted octanol–water partition coefficient (Wildman–Crippen LogP) is 2.00. The van der Waals surface area contributed by atoms with Crippen LogP contribution in [0, 0.1) is 6.92 Å². The Hall–Kier alpha value is -1.13. The van der Waals surface area contributed by atoms with E-state index in [0.29, 0.717) is 19.1 Å². The molecule has 0 aromatic carbocycles. The van der Waals surface area contributed by atoms with Crippen LogP contribution in [0.5, 0.6) is 5.75 Å². The van der Waals surface area contributed by atoms with E-state index < -0.39 is 0 Å². The van der Waals surface area contributed by atoms with Gasteiger partial charge in [-0.3, -0.25) is 4.98 Å². The Morgan fingerprint density at radius 3 is 2.65 bits per heavy atom. The van der Waals surface area contributed by atoms with Crippen molar-refractivity contribution in [2.75, 3.05) is 20.8 Å². The van der Waals surface area contributed by atoms with Gasteiger partial charge in [0.05, 0.1) is 19.4 Å². The van der Waals surface area contributed by atoms with Crippen molar-refractivity contribution in [2.45, 2.75) is 32.8 Å². The number of aromatic nitrogens is 1. The van der Waals surface area contributed by atoms with Gasteiger partial charge in [-0.15, -0.1) is 0 Å². The van der Waals surface area contributed by atoms with Gasteiger partial charge in [0.25, 0.3) is 0 Å². The molecule has 1 aromatic rings. The van der Waals surface area contributed by atoms with Crippen LogP contribution in [0.4, 0.5) is 0 Å². The summed E-state index contributed by atoms with van der Waals surface area (Å²) >= 11 is 0. The molecule has 2 N–H and O–H groups in total. The van der Waals surface area contributed by atoms with Crippen LogP contribution < -0.4 is 10.5 Å². The Kier molecular flexibility index (Phi) is 5.38. The number of nitrogens with two attached hydrogens (primary N) is 1. The second-order valence-electron chi connectivity index (χ2n) is 4.23. The van der Waals surface area contributed by atoms with Crippen LogP contribution in [0.2, 0.25) is 0 Å². The van der Waals surface area contributed by atoms with Gasteiger partial charge >= 0.3 is 0 Å². The Balaban J connectivity index is 3.22. The fourth-order valence-corrected chi connectivity index (χ4v) is 2.11. The molecule has 0 fully saturated rings. The summed E-state index contributed by atoms with van der Waals surface area (Å²) in [5.41, 5.74) is 8.79. The van der Waals surface area contributed by atoms with Gasteiger partial charge in [-0.25, -0.2) is 0 Å². The molecule has 0 saturated carbocycles. The zero-order valence-electron chi connectivity index (χ0n) is 11.1. The fraction of sp³-hybridized carbons (Fsp3) is 0.615. The summed E-state index contributed by atoms with van der Waals surface area (Å²) in [6.07, 6.45) is 2.79. The number of ether oxygens (including phenoxy) is 2. The van der Waals surface area contributed by atoms with Gasteiger partial charge in [0.15, 0.2) is 0 Å². The summed E-state index contributed by atoms with van der Waals surface area (Å²) in [5.74, 6) is 1.21. The van der Waals surface area contributed by atoms with Crippen LogP contribution in [0.25, 0.3) is 0 Å². The third-order valence-corrected chi connectivity index (χ3v) is 2.93. The fourth-order valence-electron chi connectivity index (χ4n) is 2.11. The minimum atomic E-state index is 0.349. The van der Waals surface area contributed by atoms with Crippen LogP contribution in [0.1, 0.15) is 36.1 Å². The molecule has 1 heterocycles. The first kappa shape index (κ1) is 13.9. The summed E-state index contributed by atoms with van der Waals surface area (Å²) < 4.78 is 10.7. The third-order valence-electron chi connectivity index (χ3n) is 2.93. The zero-order valence-corrected chi connectivity index (χ0v) is 11.1. The molecule has 1 aromatic heterocycles. The summed E-state index contributed by atoms with van der Waals surface area (Å²) in [4.78, 5) is 4.34. The topological polar surface area (TPSA) is 57.4 Å². The quantitative estimate of drug-likeness (QED) is 0.823. The molecule has 4 heteroatoms. The van der Waals surface area contributed by atoms with Crippen LogP contribution in [0.3, 0.4) is 0 Å². The standard InChI is InChI=1S/C13H22N2O2/c1-9(5-6-14)12-11(8-16-3)7-15-10(2)13(12)17-4/h7,9H,5-6,8,14H2,1-4H3. The van der Waals surface area contributed by atoms with Crippen molar-refractivity contribution < 1.29 is 9.47 Å². The highest BCUT2D eigenvalue weighted by molar-refractivity contribution is 5.44. The predicted molar refractivity (Wildman–Crippen MR) is 68.3 cm³/mol. The minimum Gasteiger partial charge on any atom is -0.495 e. The van der Waals surface area contributed by atoms with Gasteiger partial charge in [-0.05, 0) is 25.8 Å². The number of rotatable bonds is 6. The molecule has 0 aliphatic heterocycles. The van der Waals surface area contributed by atoms with E-state index in [1.54, 1.807) is 14.2 Å². The maximum absolute atomic E-state index is 5.63. The third kappa shape index (κ3) is 3.17. The summed E-state index contributed by atoms with van der Waals surface area (Å²) in [6, 6.07) is 0. The van der Waals surface area contributed by atoms with Gasteiger partial charge in [-0.2, -0.15) is 0 Å². The van der Waals surface area contributed by atoms with Gasteiger partial charge in [0.2, 0.25) is 0 Å². The van der Waals surface area contributed by atoms with E-state index in [2.05, 4.69) is 11.9 Å². The Morgan fingerprint density at radius 2 is 2.12 bits per heavy atom. The van der Waals surface area contributed by atoms with Crippen molar-refractivity contribution in [1.29, 1.82) is 0 Å². The molecule has 4 nitrogen and oxygen atoms in total. The first-order chi connectivity index (χ1) is 8.15. The summed E-state index contributed by atoms with van der Waals surface area (Å²) in [7, 11) is 3.36. The lowest BCUT2D eigenvalue weighted by atomic mass is 9.93. The van der Waals surface area contributed by atoms with E-state index in [1.165, 1.54) is 5.56 Å². The van der Waals surface area contributed by atoms with E-state index in [0.717, 1.165) is 23.4 Å². The molecule has 0 aliphatic rings. The number of methoxy groups -OCH3 is 2. The van der Waals surface area contributed by atoms with E-state index in [-0.39, 0.29) is 0 Å². The first-order valence-corrected chi connectivity index (χ1v) is 5.87. The van der Waals surface area contributed by atoms with Gasteiger partial charge in [-0.1, -0.05) is 6.92 Å². The highest BCUT2D eigenvalue weighted by Crippen LogP contribution is 2.33. The highest BCUT2D eigenvalue weighted by atomic mass is 16.5. The highest BCUT2D eigenvalue weighted by Gasteiger charge is 2.18. The molecule has 0 bridgehead atoms. The SMILES string of the molecule is COCc1cnc(C)c(OC)c1C(C)CCN. The van der Waals surface area contributed by atoms with E-state index in [4.69, 9.17) is 15.2 Å². The number of pyridine rings is 1. The number of nitrogens with zero attached hydrogens (tertiary/aromatic N) is 1. The molecule has 1 atom stereocenters. The normalized spacial score (nSPS) is 12.5. The van der Waals surface area contributed by atoms with Crippen molar-refractivity contribution >= 4 is 0 Å². The zero-order chi connectivity index (χ0) is 12.8. The van der Waals surface area contributed by atoms with Crippen molar-refractivity contribution in [3.05, 3.63) is 23.0 Å². The van der Waals surface area contributed by atoms with Crippen molar-refractivity contribution in [3.8, 4) is 5.75 Å². The second kappa shape index (κ2) is 6.57. The van der Waals surface area contributed by atoms with Gasteiger partial charge in [0, 0.05) is 24.4 Å². The Morgan fingerprint density at radius 1 is 1.41 bits per heavy atom. The van der Waals surface area contributed by atoms with E-state index in [1.807, 2.05) is 13.1 Å². The first-order valence-electron chi connectivity index (χ1n) is 5.87. The average molecular weight is 238 g/mol. The number of hydrogen-bond acceptors (Lipinski definition) is 4. The number of hydrogen-bond donors (Lipinski definition) is 1. The maximum Gasteiger partial charge on any atom is 0.143 e. The van der Waals surface area contributed by atoms with Crippen LogP contribution in [-0.2, 0) is 11.3 Å². The molecular weight excluding hydrogens is 216 g/mol. The van der Waals surface area contributed by atoms with Crippen LogP contribution in [0.15, 0.2) is 6.20 Å². The molecule has 1 rings (SSSR count). The van der Waals surface area contributed by atoms with Gasteiger partial charge in [0.1, 0.15) is 5.75 Å². The lowest BCUT2D eigenvalue weighted by Crippen LogP contribution is -2.10. The Bertz CT molecular complexity index is 367. The lowest BCUT2D eigenvalue weighted by molar-refractivity contribution is 0.183. The average Bonchev–Trinajstić information content (AvgIpc) is 2.31. The molecule has 96 valence electrons. The van der Waals surface area contributed by atoms with Crippen LogP contribution in [-0.4, -0.2) is 25.7 Å². The van der Waals surface area contributed by atoms with Crippen molar-refractivity contribution in [2.24, 2.45) is 5.73 Å².